The van der Waals surface area contributed by atoms with Gasteiger partial charge in [0.2, 0.25) is 0 Å². The smallest absolute Gasteiger partial charge is 0.184 e. The average Bonchev–Trinajstić information content (AvgIpc) is 2.33. The fraction of sp³-hybridized carbons (Fsp3) is 0.818. The Morgan fingerprint density at radius 3 is 2.53 bits per heavy atom. The van der Waals surface area contributed by atoms with Crippen molar-refractivity contribution < 1.29 is 29.9 Å². The lowest BCUT2D eigenvalue weighted by Gasteiger charge is -2.39. The molecule has 1 unspecified atom stereocenters. The average molecular weight is 248 g/mol. The zero-order valence-electron chi connectivity index (χ0n) is 9.77. The third kappa shape index (κ3) is 3.65. The van der Waals surface area contributed by atoms with Gasteiger partial charge in [-0.25, -0.2) is 0 Å². The van der Waals surface area contributed by atoms with Crippen molar-refractivity contribution in [2.75, 3.05) is 6.61 Å². The van der Waals surface area contributed by atoms with Gasteiger partial charge in [-0.15, -0.1) is 0 Å². The van der Waals surface area contributed by atoms with Crippen molar-refractivity contribution in [3.05, 3.63) is 12.3 Å². The summed E-state index contributed by atoms with van der Waals surface area (Å²) in [6.45, 7) is 1.60. The van der Waals surface area contributed by atoms with Crippen LogP contribution in [-0.2, 0) is 9.47 Å². The summed E-state index contributed by atoms with van der Waals surface area (Å²) in [6, 6.07) is 0. The van der Waals surface area contributed by atoms with E-state index < -0.39 is 37.3 Å². The minimum absolute atomic E-state index is 0.410. The number of rotatable bonds is 5. The van der Waals surface area contributed by atoms with Crippen LogP contribution in [0.3, 0.4) is 0 Å². The van der Waals surface area contributed by atoms with Gasteiger partial charge in [0.15, 0.2) is 12.4 Å². The van der Waals surface area contributed by atoms with E-state index in [1.54, 1.807) is 6.08 Å². The molecular weight excluding hydrogens is 228 g/mol. The van der Waals surface area contributed by atoms with Crippen LogP contribution in [0.4, 0.5) is 0 Å². The van der Waals surface area contributed by atoms with Crippen molar-refractivity contribution >= 4 is 0 Å². The molecule has 0 bridgehead atoms. The molecule has 4 N–H and O–H groups in total. The topological polar surface area (TPSA) is 99.4 Å². The van der Waals surface area contributed by atoms with E-state index in [1.165, 1.54) is 6.26 Å². The van der Waals surface area contributed by atoms with E-state index in [4.69, 9.17) is 14.6 Å². The lowest BCUT2D eigenvalue weighted by Crippen LogP contribution is -2.59. The van der Waals surface area contributed by atoms with Gasteiger partial charge in [0.05, 0.1) is 12.9 Å². The first kappa shape index (κ1) is 14.4. The Bertz CT molecular complexity index is 242. The molecule has 1 rings (SSSR count). The third-order valence-corrected chi connectivity index (χ3v) is 2.63. The summed E-state index contributed by atoms with van der Waals surface area (Å²) in [4.78, 5) is 0. The maximum Gasteiger partial charge on any atom is 0.184 e. The number of aliphatic hydroxyl groups excluding tert-OH is 4. The number of aliphatic hydroxyl groups is 4. The molecule has 0 aromatic heterocycles. The van der Waals surface area contributed by atoms with Crippen molar-refractivity contribution in [3.63, 3.8) is 0 Å². The predicted octanol–water partition coefficient (Wildman–Crippen LogP) is -0.883. The molecule has 0 amide bonds. The van der Waals surface area contributed by atoms with Crippen LogP contribution in [-0.4, -0.2) is 57.7 Å². The van der Waals surface area contributed by atoms with Gasteiger partial charge in [0.25, 0.3) is 0 Å². The van der Waals surface area contributed by atoms with E-state index in [1.807, 2.05) is 6.92 Å². The van der Waals surface area contributed by atoms with E-state index in [0.717, 1.165) is 12.8 Å². The second kappa shape index (κ2) is 6.93. The quantitative estimate of drug-likeness (QED) is 0.471. The molecule has 6 heteroatoms. The van der Waals surface area contributed by atoms with Crippen molar-refractivity contribution in [2.24, 2.45) is 0 Å². The summed E-state index contributed by atoms with van der Waals surface area (Å²) in [7, 11) is 0. The van der Waals surface area contributed by atoms with Gasteiger partial charge in [0, 0.05) is 0 Å². The lowest BCUT2D eigenvalue weighted by molar-refractivity contribution is -0.287. The van der Waals surface area contributed by atoms with Crippen LogP contribution in [0.15, 0.2) is 12.3 Å². The highest BCUT2D eigenvalue weighted by Crippen LogP contribution is 2.22. The molecule has 100 valence electrons. The van der Waals surface area contributed by atoms with Gasteiger partial charge < -0.3 is 29.9 Å². The molecule has 0 aromatic carbocycles. The molecule has 1 saturated heterocycles. The fourth-order valence-electron chi connectivity index (χ4n) is 1.62. The van der Waals surface area contributed by atoms with Crippen LogP contribution in [0.25, 0.3) is 0 Å². The van der Waals surface area contributed by atoms with E-state index >= 15 is 0 Å². The normalized spacial score (nSPS) is 38.5. The summed E-state index contributed by atoms with van der Waals surface area (Å²) in [5.74, 6) is 0. The highest BCUT2D eigenvalue weighted by molar-refractivity contribution is 4.91. The summed E-state index contributed by atoms with van der Waals surface area (Å²) >= 11 is 0. The monoisotopic (exact) mass is 248 g/mol. The number of allylic oxidation sites excluding steroid dienone is 1. The Morgan fingerprint density at radius 1 is 1.24 bits per heavy atom. The minimum atomic E-state index is -1.51. The van der Waals surface area contributed by atoms with Crippen LogP contribution in [0.1, 0.15) is 19.8 Å². The zero-order valence-corrected chi connectivity index (χ0v) is 9.77. The van der Waals surface area contributed by atoms with Gasteiger partial charge in [-0.3, -0.25) is 0 Å². The molecular formula is C11H20O6. The van der Waals surface area contributed by atoms with Crippen molar-refractivity contribution in [3.8, 4) is 0 Å². The first-order valence-electron chi connectivity index (χ1n) is 5.72. The van der Waals surface area contributed by atoms with Crippen molar-refractivity contribution in [1.29, 1.82) is 0 Å². The van der Waals surface area contributed by atoms with Crippen LogP contribution < -0.4 is 0 Å². The summed E-state index contributed by atoms with van der Waals surface area (Å²) in [5, 5.41) is 37.4. The molecule has 0 saturated carbocycles. The number of hydrogen-bond acceptors (Lipinski definition) is 6. The van der Waals surface area contributed by atoms with E-state index in [9.17, 15) is 15.3 Å². The SMILES string of the molecule is CCC/C=C/O[C@H]1[C@H](O)[C@@H](O)C(O)O[C@@H]1CO. The van der Waals surface area contributed by atoms with Crippen LogP contribution in [0.2, 0.25) is 0 Å². The molecule has 17 heavy (non-hydrogen) atoms. The Labute approximate surface area is 100 Å². The zero-order chi connectivity index (χ0) is 12.8. The van der Waals surface area contributed by atoms with Gasteiger partial charge in [-0.1, -0.05) is 13.3 Å². The molecule has 0 spiro atoms. The van der Waals surface area contributed by atoms with Gasteiger partial charge in [-0.05, 0) is 12.5 Å². The molecule has 0 aliphatic carbocycles. The molecule has 1 aliphatic rings. The molecule has 1 aliphatic heterocycles. The van der Waals surface area contributed by atoms with E-state index in [2.05, 4.69) is 0 Å². The lowest BCUT2D eigenvalue weighted by atomic mass is 9.99. The Morgan fingerprint density at radius 2 is 1.94 bits per heavy atom. The Kier molecular flexibility index (Phi) is 5.87. The minimum Gasteiger partial charge on any atom is -0.493 e. The molecule has 5 atom stereocenters. The highest BCUT2D eigenvalue weighted by atomic mass is 16.6. The van der Waals surface area contributed by atoms with E-state index in [-0.39, 0.29) is 0 Å². The fourth-order valence-corrected chi connectivity index (χ4v) is 1.62. The van der Waals surface area contributed by atoms with Gasteiger partial charge >= 0.3 is 0 Å². The third-order valence-electron chi connectivity index (χ3n) is 2.63. The molecule has 0 aromatic rings. The maximum atomic E-state index is 9.71. The molecule has 1 heterocycles. The van der Waals surface area contributed by atoms with Crippen LogP contribution in [0, 0.1) is 0 Å². The first-order valence-corrected chi connectivity index (χ1v) is 5.72. The highest BCUT2D eigenvalue weighted by Gasteiger charge is 2.44. The van der Waals surface area contributed by atoms with Crippen LogP contribution in [0.5, 0.6) is 0 Å². The predicted molar refractivity (Wildman–Crippen MR) is 58.9 cm³/mol. The second-order valence-corrected chi connectivity index (χ2v) is 3.99. The molecule has 6 nitrogen and oxygen atoms in total. The first-order chi connectivity index (χ1) is 8.11. The van der Waals surface area contributed by atoms with Crippen molar-refractivity contribution in [2.45, 2.75) is 50.5 Å². The molecule has 0 radical (unpaired) electrons. The largest absolute Gasteiger partial charge is 0.493 e. The standard InChI is InChI=1S/C11H20O6/c1-2-3-4-5-16-10-7(6-12)17-11(15)9(14)8(10)13/h4-5,7-15H,2-3,6H2,1H3/b5-4+/t7-,8-,9-,10-,11?/m1/s1. The van der Waals surface area contributed by atoms with Crippen molar-refractivity contribution in [1.82, 2.24) is 0 Å². The summed E-state index contributed by atoms with van der Waals surface area (Å²) < 4.78 is 10.2. The molecule has 1 fully saturated rings. The Balaban J connectivity index is 2.58. The van der Waals surface area contributed by atoms with Gasteiger partial charge in [0.1, 0.15) is 18.3 Å². The number of ether oxygens (including phenoxy) is 2. The summed E-state index contributed by atoms with van der Waals surface area (Å²) in [6.07, 6.45) is -1.04. The van der Waals surface area contributed by atoms with E-state index in [0.29, 0.717) is 0 Å². The second-order valence-electron chi connectivity index (χ2n) is 3.99. The summed E-state index contributed by atoms with van der Waals surface area (Å²) in [5.41, 5.74) is 0. The Hall–Kier alpha value is -0.660. The maximum absolute atomic E-state index is 9.71. The number of unbranched alkanes of at least 4 members (excludes halogenated alkanes) is 1. The van der Waals surface area contributed by atoms with Gasteiger partial charge in [-0.2, -0.15) is 0 Å². The number of hydrogen-bond donors (Lipinski definition) is 4. The van der Waals surface area contributed by atoms with Crippen LogP contribution >= 0.6 is 0 Å².